The van der Waals surface area contributed by atoms with Crippen molar-refractivity contribution in [2.24, 2.45) is 0 Å². The summed E-state index contributed by atoms with van der Waals surface area (Å²) in [5.41, 5.74) is -0.0960. The number of fused-ring (bicyclic) bond motifs is 1. The average molecular weight is 390 g/mol. The van der Waals surface area contributed by atoms with Crippen LogP contribution in [0.1, 0.15) is 19.6 Å². The highest BCUT2D eigenvalue weighted by atomic mass is 31.2. The maximum atomic E-state index is 12.4. The second-order valence-corrected chi connectivity index (χ2v) is 7.14. The fourth-order valence-electron chi connectivity index (χ4n) is 2.80. The van der Waals surface area contributed by atoms with Gasteiger partial charge in [-0.25, -0.2) is 14.5 Å². The van der Waals surface area contributed by atoms with Gasteiger partial charge in [-0.05, 0) is 6.42 Å². The molecule has 0 aliphatic carbocycles. The Morgan fingerprint density at radius 1 is 1.27 bits per heavy atom. The van der Waals surface area contributed by atoms with Crippen LogP contribution in [0.3, 0.4) is 0 Å². The molecule has 0 aromatic carbocycles. The fourth-order valence-corrected chi connectivity index (χ4v) is 3.14. The van der Waals surface area contributed by atoms with Crippen LogP contribution in [0.15, 0.2) is 17.4 Å². The van der Waals surface area contributed by atoms with Crippen molar-refractivity contribution in [3.05, 3.63) is 23.0 Å². The number of ether oxygens (including phenoxy) is 1. The summed E-state index contributed by atoms with van der Waals surface area (Å²) < 4.78 is 23.3. The van der Waals surface area contributed by atoms with Crippen LogP contribution in [0, 0.1) is 0 Å². The number of nitrogens with zero attached hydrogens (tertiary/aromatic N) is 4. The van der Waals surface area contributed by atoms with Crippen LogP contribution in [0.25, 0.3) is 11.2 Å². The lowest BCUT2D eigenvalue weighted by atomic mass is 10.1. The molecule has 26 heavy (non-hydrogen) atoms. The molecule has 3 heterocycles. The fraction of sp³-hybridized carbons (Fsp3) is 0.615. The summed E-state index contributed by atoms with van der Waals surface area (Å²) in [6, 6.07) is 0. The molecule has 3 rings (SSSR count). The van der Waals surface area contributed by atoms with Crippen molar-refractivity contribution >= 4 is 19.0 Å². The predicted octanol–water partition coefficient (Wildman–Crippen LogP) is -1.27. The normalized spacial score (nSPS) is 26.7. The second kappa shape index (κ2) is 7.16. The lowest BCUT2D eigenvalue weighted by Crippen LogP contribution is -2.33. The van der Waals surface area contributed by atoms with Gasteiger partial charge < -0.3 is 24.7 Å². The van der Waals surface area contributed by atoms with Crippen LogP contribution < -0.4 is 5.56 Å². The van der Waals surface area contributed by atoms with Gasteiger partial charge in [0.05, 0.1) is 12.9 Å². The molecular weight excluding hydrogens is 371 g/mol. The number of phosphoric acid groups is 1. The highest BCUT2D eigenvalue weighted by Crippen LogP contribution is 2.38. The number of aliphatic hydroxyl groups is 2. The molecule has 0 radical (unpaired) electrons. The number of aromatic nitrogens is 4. The van der Waals surface area contributed by atoms with E-state index in [4.69, 9.17) is 14.5 Å². The molecule has 144 valence electrons. The van der Waals surface area contributed by atoms with Crippen molar-refractivity contribution in [2.75, 3.05) is 6.61 Å². The number of aryl methyl sites for hydroxylation is 1. The van der Waals surface area contributed by atoms with Crippen molar-refractivity contribution < 1.29 is 33.8 Å². The minimum atomic E-state index is -4.75. The van der Waals surface area contributed by atoms with E-state index < -0.39 is 39.0 Å². The van der Waals surface area contributed by atoms with E-state index in [0.29, 0.717) is 6.54 Å². The molecule has 1 fully saturated rings. The Labute approximate surface area is 146 Å². The van der Waals surface area contributed by atoms with Gasteiger partial charge in [-0.1, -0.05) is 6.92 Å². The Morgan fingerprint density at radius 3 is 2.65 bits per heavy atom. The zero-order chi connectivity index (χ0) is 19.1. The van der Waals surface area contributed by atoms with E-state index >= 15 is 0 Å². The van der Waals surface area contributed by atoms with E-state index in [1.807, 2.05) is 6.92 Å². The zero-order valence-corrected chi connectivity index (χ0v) is 14.6. The van der Waals surface area contributed by atoms with E-state index in [0.717, 1.165) is 6.42 Å². The first-order valence-corrected chi connectivity index (χ1v) is 9.39. The lowest BCUT2D eigenvalue weighted by molar-refractivity contribution is -0.0504. The highest BCUT2D eigenvalue weighted by Gasteiger charge is 2.45. The Morgan fingerprint density at radius 2 is 2.00 bits per heavy atom. The quantitative estimate of drug-likeness (QED) is 0.436. The van der Waals surface area contributed by atoms with Gasteiger partial charge in [0.2, 0.25) is 0 Å². The van der Waals surface area contributed by atoms with Crippen LogP contribution in [0.2, 0.25) is 0 Å². The number of hydrogen-bond donors (Lipinski definition) is 4. The van der Waals surface area contributed by atoms with Crippen molar-refractivity contribution in [3.63, 3.8) is 0 Å². The van der Waals surface area contributed by atoms with Crippen molar-refractivity contribution in [3.8, 4) is 0 Å². The Kier molecular flexibility index (Phi) is 5.26. The molecule has 13 heteroatoms. The summed E-state index contributed by atoms with van der Waals surface area (Å²) in [6.45, 7) is 1.78. The first-order valence-electron chi connectivity index (χ1n) is 7.86. The molecule has 4 N–H and O–H groups in total. The summed E-state index contributed by atoms with van der Waals surface area (Å²) in [5.74, 6) is 0. The van der Waals surface area contributed by atoms with Gasteiger partial charge in [-0.3, -0.25) is 18.5 Å². The van der Waals surface area contributed by atoms with Crippen LogP contribution in [0.5, 0.6) is 0 Å². The van der Waals surface area contributed by atoms with Crippen LogP contribution in [-0.4, -0.2) is 64.0 Å². The molecule has 1 aliphatic rings. The lowest BCUT2D eigenvalue weighted by Gasteiger charge is -2.16. The van der Waals surface area contributed by atoms with Gasteiger partial charge in [-0.2, -0.15) is 0 Å². The Hall–Kier alpha value is -1.66. The van der Waals surface area contributed by atoms with E-state index in [9.17, 15) is 19.6 Å². The maximum absolute atomic E-state index is 12.4. The molecule has 1 aliphatic heterocycles. The zero-order valence-electron chi connectivity index (χ0n) is 13.7. The number of hydrogen-bond acceptors (Lipinski definition) is 8. The van der Waals surface area contributed by atoms with Gasteiger partial charge >= 0.3 is 7.82 Å². The van der Waals surface area contributed by atoms with Crippen molar-refractivity contribution in [1.29, 1.82) is 0 Å². The van der Waals surface area contributed by atoms with Crippen LogP contribution in [0.4, 0.5) is 0 Å². The first kappa shape index (κ1) is 19.1. The van der Waals surface area contributed by atoms with Gasteiger partial charge in [0.25, 0.3) is 5.56 Å². The molecule has 0 amide bonds. The molecule has 2 aromatic rings. The third kappa shape index (κ3) is 3.58. The minimum absolute atomic E-state index is 0.0844. The molecule has 1 saturated heterocycles. The molecule has 0 spiro atoms. The van der Waals surface area contributed by atoms with Crippen LogP contribution in [-0.2, 0) is 20.4 Å². The molecule has 0 bridgehead atoms. The molecule has 0 unspecified atom stereocenters. The summed E-state index contributed by atoms with van der Waals surface area (Å²) in [6.07, 6.45) is -1.86. The van der Waals surface area contributed by atoms with E-state index in [1.165, 1.54) is 21.8 Å². The second-order valence-electron chi connectivity index (χ2n) is 5.90. The summed E-state index contributed by atoms with van der Waals surface area (Å²) in [5, 5.41) is 20.2. The number of phosphoric ester groups is 1. The molecule has 0 saturated carbocycles. The summed E-state index contributed by atoms with van der Waals surface area (Å²) in [4.78, 5) is 38.0. The van der Waals surface area contributed by atoms with E-state index in [2.05, 4.69) is 14.5 Å². The third-order valence-corrected chi connectivity index (χ3v) is 4.52. The van der Waals surface area contributed by atoms with E-state index in [-0.39, 0.29) is 16.7 Å². The summed E-state index contributed by atoms with van der Waals surface area (Å²) in [7, 11) is -4.75. The maximum Gasteiger partial charge on any atom is 0.469 e. The number of imidazole rings is 1. The Balaban J connectivity index is 1.88. The monoisotopic (exact) mass is 390 g/mol. The third-order valence-electron chi connectivity index (χ3n) is 4.03. The standard InChI is InChI=1S/C13H19N4O8P/c1-2-3-16-5-15-11-8(12(16)20)14-6-17(11)13-10(19)9(18)7(25-13)4-24-26(21,22)23/h5-7,9-10,13,18-19H,2-4H2,1H3,(H2,21,22,23)/t7-,9-,10-,13-/m1/s1. The summed E-state index contributed by atoms with van der Waals surface area (Å²) >= 11 is 0. The van der Waals surface area contributed by atoms with Gasteiger partial charge in [0.1, 0.15) is 24.6 Å². The smallest absolute Gasteiger partial charge is 0.387 e. The first-order chi connectivity index (χ1) is 12.2. The predicted molar refractivity (Wildman–Crippen MR) is 86.0 cm³/mol. The van der Waals surface area contributed by atoms with Gasteiger partial charge in [0, 0.05) is 6.54 Å². The highest BCUT2D eigenvalue weighted by molar-refractivity contribution is 7.46. The molecular formula is C13H19N4O8P. The number of rotatable bonds is 6. The molecule has 4 atom stereocenters. The average Bonchev–Trinajstić information content (AvgIpc) is 3.11. The van der Waals surface area contributed by atoms with Crippen molar-refractivity contribution in [1.82, 2.24) is 19.1 Å². The van der Waals surface area contributed by atoms with Crippen molar-refractivity contribution in [2.45, 2.75) is 44.4 Å². The largest absolute Gasteiger partial charge is 0.469 e. The SMILES string of the molecule is CCCn1cnc2c(ncn2[C@@H]2O[C@H](COP(=O)(O)O)[C@@H](O)[C@H]2O)c1=O. The topological polar surface area (TPSA) is 169 Å². The van der Waals surface area contributed by atoms with Gasteiger partial charge in [0.15, 0.2) is 17.4 Å². The minimum Gasteiger partial charge on any atom is -0.387 e. The van der Waals surface area contributed by atoms with E-state index in [1.54, 1.807) is 0 Å². The Bertz CT molecular complexity index is 892. The molecule has 2 aromatic heterocycles. The van der Waals surface area contributed by atoms with Crippen LogP contribution >= 0.6 is 7.82 Å². The van der Waals surface area contributed by atoms with Gasteiger partial charge in [-0.15, -0.1) is 0 Å². The molecule has 12 nitrogen and oxygen atoms in total. The number of aliphatic hydroxyl groups excluding tert-OH is 2.